The quantitative estimate of drug-likeness (QED) is 0.124. The highest BCUT2D eigenvalue weighted by Gasteiger charge is 2.44. The van der Waals surface area contributed by atoms with Gasteiger partial charge in [-0.1, -0.05) is 29.5 Å². The fourth-order valence-corrected chi connectivity index (χ4v) is 6.33. The van der Waals surface area contributed by atoms with Gasteiger partial charge in [-0.15, -0.1) is 0 Å². The molecular weight excluding hydrogens is 678 g/mol. The molecular formula is C29H27F3IN7O3. The van der Waals surface area contributed by atoms with Gasteiger partial charge < -0.3 is 9.47 Å². The summed E-state index contributed by atoms with van der Waals surface area (Å²) in [5.41, 5.74) is 2.39. The van der Waals surface area contributed by atoms with E-state index in [0.29, 0.717) is 34.8 Å². The summed E-state index contributed by atoms with van der Waals surface area (Å²) in [5, 5.41) is 3.02. The number of carbonyl (C=O) groups is 3. The molecule has 3 atom stereocenters. The number of carbonyl (C=O) groups excluding carboxylic acids is 3. The molecule has 4 heterocycles. The van der Waals surface area contributed by atoms with Gasteiger partial charge in [0.15, 0.2) is 5.78 Å². The first-order chi connectivity index (χ1) is 20.2. The lowest BCUT2D eigenvalue weighted by Crippen LogP contribution is -2.46. The van der Waals surface area contributed by atoms with Crippen LogP contribution in [-0.4, -0.2) is 57.1 Å². The van der Waals surface area contributed by atoms with E-state index >= 15 is 0 Å². The molecule has 0 bridgehead atoms. The SMILES string of the molecule is CC(=O)c1cn(CC(=O)N2[C@H](I)[C@@H](C)C[C@H]2C(=O)Nc2nccc(C(F)(F)F)n2)c2c(C)cc(-c3cnc(C)nc3)cc12. The van der Waals surface area contributed by atoms with Crippen molar-refractivity contribution in [2.75, 3.05) is 5.32 Å². The van der Waals surface area contributed by atoms with E-state index in [1.165, 1.54) is 11.8 Å². The number of hydrogen-bond acceptors (Lipinski definition) is 7. The number of ketones is 1. The molecule has 0 saturated carbocycles. The third kappa shape index (κ3) is 6.10. The zero-order chi connectivity index (χ0) is 31.2. The van der Waals surface area contributed by atoms with E-state index in [9.17, 15) is 27.6 Å². The zero-order valence-electron chi connectivity index (χ0n) is 23.6. The molecule has 0 radical (unpaired) electrons. The number of benzene rings is 1. The number of amides is 2. The van der Waals surface area contributed by atoms with Crippen LogP contribution in [0.4, 0.5) is 19.1 Å². The molecule has 0 aliphatic carbocycles. The average Bonchev–Trinajstić information content (AvgIpc) is 3.46. The second-order valence-electron chi connectivity index (χ2n) is 10.6. The molecule has 1 aliphatic rings. The number of fused-ring (bicyclic) bond motifs is 1. The predicted octanol–water partition coefficient (Wildman–Crippen LogP) is 5.36. The first-order valence-corrected chi connectivity index (χ1v) is 14.6. The standard InChI is InChI=1S/C29H27F3IN7O3/c1-14-7-18(19-10-35-17(4)36-11-19)9-20-21(16(3)41)12-39(25(14)20)13-24(42)40-22(8-15(2)26(40)33)27(43)38-28-34-6-5-23(37-28)29(30,31)32/h5-7,9-12,15,22,26H,8,13H2,1-4H3,(H,34,37,38,43)/t15-,22-,26-/m0/s1. The maximum atomic E-state index is 13.8. The van der Waals surface area contributed by atoms with Crippen LogP contribution >= 0.6 is 22.6 Å². The molecule has 0 unspecified atom stereocenters. The second kappa shape index (κ2) is 11.6. The molecule has 0 spiro atoms. The van der Waals surface area contributed by atoms with Crippen molar-refractivity contribution in [3.05, 3.63) is 65.6 Å². The van der Waals surface area contributed by atoms with Gasteiger partial charge in [-0.05, 0) is 62.4 Å². The molecule has 1 aromatic carbocycles. The van der Waals surface area contributed by atoms with Crippen molar-refractivity contribution >= 4 is 57.0 Å². The number of aryl methyl sites for hydroxylation is 2. The Bertz CT molecular complexity index is 1740. The van der Waals surface area contributed by atoms with Gasteiger partial charge in [-0.3, -0.25) is 19.7 Å². The Labute approximate surface area is 258 Å². The Kier molecular flexibility index (Phi) is 8.24. The number of rotatable bonds is 6. The molecule has 1 aliphatic heterocycles. The first-order valence-electron chi connectivity index (χ1n) is 13.3. The van der Waals surface area contributed by atoms with Gasteiger partial charge in [0, 0.05) is 41.3 Å². The lowest BCUT2D eigenvalue weighted by molar-refractivity contribution is -0.141. The number of aromatic nitrogens is 5. The van der Waals surface area contributed by atoms with Crippen molar-refractivity contribution in [2.45, 2.75) is 56.9 Å². The Morgan fingerprint density at radius 2 is 1.79 bits per heavy atom. The van der Waals surface area contributed by atoms with E-state index in [1.807, 2.05) is 26.0 Å². The van der Waals surface area contributed by atoms with Gasteiger partial charge in [0.2, 0.25) is 17.8 Å². The topological polar surface area (TPSA) is 123 Å². The van der Waals surface area contributed by atoms with E-state index < -0.39 is 29.8 Å². The molecule has 43 heavy (non-hydrogen) atoms. The van der Waals surface area contributed by atoms with E-state index in [1.54, 1.807) is 30.1 Å². The summed E-state index contributed by atoms with van der Waals surface area (Å²) >= 11 is 2.10. The molecule has 10 nitrogen and oxygen atoms in total. The van der Waals surface area contributed by atoms with E-state index in [0.717, 1.165) is 22.9 Å². The van der Waals surface area contributed by atoms with Crippen molar-refractivity contribution in [2.24, 2.45) is 5.92 Å². The third-order valence-electron chi connectivity index (χ3n) is 7.40. The van der Waals surface area contributed by atoms with Gasteiger partial charge in [-0.25, -0.2) is 19.9 Å². The van der Waals surface area contributed by atoms with Crippen LogP contribution in [0.2, 0.25) is 0 Å². The number of nitrogens with zero attached hydrogens (tertiary/aromatic N) is 6. The van der Waals surface area contributed by atoms with Crippen LogP contribution in [0.1, 0.15) is 47.7 Å². The summed E-state index contributed by atoms with van der Waals surface area (Å²) in [4.78, 5) is 56.8. The Morgan fingerprint density at radius 3 is 2.44 bits per heavy atom. The summed E-state index contributed by atoms with van der Waals surface area (Å²) in [5.74, 6) is -1.16. The number of likely N-dealkylation sites (tertiary alicyclic amines) is 1. The summed E-state index contributed by atoms with van der Waals surface area (Å²) in [7, 11) is 0. The molecule has 2 amide bonds. The fourth-order valence-electron chi connectivity index (χ4n) is 5.34. The number of nitrogens with one attached hydrogen (secondary N) is 1. The highest BCUT2D eigenvalue weighted by molar-refractivity contribution is 14.1. The van der Waals surface area contributed by atoms with E-state index in [4.69, 9.17) is 0 Å². The maximum Gasteiger partial charge on any atom is 0.433 e. The highest BCUT2D eigenvalue weighted by Crippen LogP contribution is 2.36. The Balaban J connectivity index is 1.45. The number of Topliss-reactive ketones (excluding diaryl/α,β-unsaturated/α-hetero) is 1. The van der Waals surface area contributed by atoms with Crippen molar-refractivity contribution in [1.82, 2.24) is 29.4 Å². The fraction of sp³-hybridized carbons (Fsp3) is 0.345. The molecule has 1 N–H and O–H groups in total. The van der Waals surface area contributed by atoms with E-state index in [2.05, 4.69) is 47.8 Å². The summed E-state index contributed by atoms with van der Waals surface area (Å²) in [6, 6.07) is 3.57. The minimum atomic E-state index is -4.70. The van der Waals surface area contributed by atoms with Crippen LogP contribution in [0.15, 0.2) is 43.0 Å². The van der Waals surface area contributed by atoms with Crippen molar-refractivity contribution in [3.63, 3.8) is 0 Å². The largest absolute Gasteiger partial charge is 0.433 e. The molecule has 1 saturated heterocycles. The molecule has 3 aromatic heterocycles. The first kappa shape index (κ1) is 30.5. The van der Waals surface area contributed by atoms with Crippen molar-refractivity contribution < 1.29 is 27.6 Å². The normalized spacial score (nSPS) is 18.7. The summed E-state index contributed by atoms with van der Waals surface area (Å²) in [6.07, 6.45) is 1.57. The summed E-state index contributed by atoms with van der Waals surface area (Å²) < 4.78 is 40.7. The van der Waals surface area contributed by atoms with Crippen LogP contribution < -0.4 is 5.32 Å². The molecule has 14 heteroatoms. The number of halogens is 4. The Hall–Kier alpha value is -3.95. The number of alkyl halides is 4. The zero-order valence-corrected chi connectivity index (χ0v) is 25.8. The third-order valence-corrected chi connectivity index (χ3v) is 9.23. The molecule has 224 valence electrons. The molecule has 4 aromatic rings. The van der Waals surface area contributed by atoms with Crippen LogP contribution in [-0.2, 0) is 22.3 Å². The highest BCUT2D eigenvalue weighted by atomic mass is 127. The van der Waals surface area contributed by atoms with Gasteiger partial charge in [-0.2, -0.15) is 13.2 Å². The predicted molar refractivity (Wildman–Crippen MR) is 160 cm³/mol. The lowest BCUT2D eigenvalue weighted by Gasteiger charge is -2.27. The average molecular weight is 705 g/mol. The van der Waals surface area contributed by atoms with Gasteiger partial charge in [0.25, 0.3) is 0 Å². The smallest absolute Gasteiger partial charge is 0.337 e. The van der Waals surface area contributed by atoms with E-state index in [-0.39, 0.29) is 28.2 Å². The van der Waals surface area contributed by atoms with Crippen LogP contribution in [0.25, 0.3) is 22.0 Å². The van der Waals surface area contributed by atoms with Crippen LogP contribution in [0.3, 0.4) is 0 Å². The van der Waals surface area contributed by atoms with Crippen LogP contribution in [0, 0.1) is 19.8 Å². The lowest BCUT2D eigenvalue weighted by atomic mass is 10.0. The minimum absolute atomic E-state index is 0.0714. The summed E-state index contributed by atoms with van der Waals surface area (Å²) in [6.45, 7) is 6.86. The van der Waals surface area contributed by atoms with Gasteiger partial charge in [0.05, 0.1) is 9.57 Å². The van der Waals surface area contributed by atoms with Crippen molar-refractivity contribution in [1.29, 1.82) is 0 Å². The minimum Gasteiger partial charge on any atom is -0.337 e. The molecule has 5 rings (SSSR count). The monoisotopic (exact) mass is 705 g/mol. The second-order valence-corrected chi connectivity index (χ2v) is 11.9. The maximum absolute atomic E-state index is 13.8. The van der Waals surface area contributed by atoms with Crippen LogP contribution in [0.5, 0.6) is 0 Å². The van der Waals surface area contributed by atoms with Gasteiger partial charge >= 0.3 is 6.18 Å². The van der Waals surface area contributed by atoms with Gasteiger partial charge in [0.1, 0.15) is 24.1 Å². The number of hydrogen-bond donors (Lipinski definition) is 1. The molecule has 1 fully saturated rings. The van der Waals surface area contributed by atoms with Crippen molar-refractivity contribution in [3.8, 4) is 11.1 Å². The Morgan fingerprint density at radius 1 is 1.09 bits per heavy atom. The number of anilines is 1.